The summed E-state index contributed by atoms with van der Waals surface area (Å²) in [5, 5.41) is 0. The molecule has 0 fully saturated rings. The first-order valence-electron chi connectivity index (χ1n) is 3.59. The van der Waals surface area contributed by atoms with Gasteiger partial charge in [-0.3, -0.25) is 9.59 Å². The van der Waals surface area contributed by atoms with Crippen LogP contribution in [0.4, 0.5) is 0 Å². The molecule has 0 aromatic carbocycles. The third-order valence-electron chi connectivity index (χ3n) is 1.49. The molecule has 1 rings (SSSR count). The second kappa shape index (κ2) is 3.26. The quantitative estimate of drug-likeness (QED) is 0.627. The minimum Gasteiger partial charge on any atom is -0.364 e. The monoisotopic (exact) mass is 182 g/mol. The van der Waals surface area contributed by atoms with Gasteiger partial charge in [0.05, 0.1) is 6.33 Å². The average Bonchev–Trinajstić information content (AvgIpc) is 2.50. The number of hydrogen-bond acceptors (Lipinski definition) is 3. The van der Waals surface area contributed by atoms with Crippen LogP contribution in [0.15, 0.2) is 6.33 Å². The van der Waals surface area contributed by atoms with E-state index >= 15 is 0 Å². The van der Waals surface area contributed by atoms with E-state index in [0.29, 0.717) is 0 Å². The first-order valence-corrected chi connectivity index (χ1v) is 3.59. The molecule has 0 aliphatic rings. The van der Waals surface area contributed by atoms with Gasteiger partial charge in [0, 0.05) is 14.1 Å². The molecule has 0 atom stereocenters. The summed E-state index contributed by atoms with van der Waals surface area (Å²) in [5.41, 5.74) is 5.10. The number of imidazole rings is 1. The number of aromatic nitrogens is 2. The molecule has 3 N–H and O–H groups in total. The molecular weight excluding hydrogens is 172 g/mol. The molecule has 0 unspecified atom stereocenters. The topological polar surface area (TPSA) is 92.1 Å². The minimum atomic E-state index is -0.716. The maximum atomic E-state index is 11.4. The summed E-state index contributed by atoms with van der Waals surface area (Å²) in [5.74, 6) is -1.04. The van der Waals surface area contributed by atoms with E-state index in [2.05, 4.69) is 9.97 Å². The Morgan fingerprint density at radius 1 is 1.54 bits per heavy atom. The second-order valence-corrected chi connectivity index (χ2v) is 2.69. The Hall–Kier alpha value is -1.85. The van der Waals surface area contributed by atoms with Crippen molar-refractivity contribution in [2.75, 3.05) is 14.1 Å². The van der Waals surface area contributed by atoms with E-state index in [1.807, 2.05) is 0 Å². The van der Waals surface area contributed by atoms with Crippen LogP contribution in [0.5, 0.6) is 0 Å². The highest BCUT2D eigenvalue weighted by Crippen LogP contribution is 2.03. The van der Waals surface area contributed by atoms with Gasteiger partial charge >= 0.3 is 0 Å². The molecule has 6 nitrogen and oxygen atoms in total. The zero-order chi connectivity index (χ0) is 10.0. The van der Waals surface area contributed by atoms with Crippen molar-refractivity contribution < 1.29 is 9.59 Å². The SMILES string of the molecule is CN(C)C(=O)c1[nH]cnc1C(N)=O. The Labute approximate surface area is 74.7 Å². The summed E-state index contributed by atoms with van der Waals surface area (Å²) in [6, 6.07) is 0. The van der Waals surface area contributed by atoms with E-state index in [1.54, 1.807) is 14.1 Å². The summed E-state index contributed by atoms with van der Waals surface area (Å²) in [4.78, 5) is 29.7. The fourth-order valence-electron chi connectivity index (χ4n) is 0.868. The third kappa shape index (κ3) is 1.66. The van der Waals surface area contributed by atoms with Crippen LogP contribution in [0.1, 0.15) is 21.0 Å². The summed E-state index contributed by atoms with van der Waals surface area (Å²) >= 11 is 0. The van der Waals surface area contributed by atoms with Gasteiger partial charge in [-0.1, -0.05) is 0 Å². The predicted octanol–water partition coefficient (Wildman–Crippen LogP) is -0.790. The zero-order valence-corrected chi connectivity index (χ0v) is 7.37. The number of hydrogen-bond donors (Lipinski definition) is 2. The molecule has 0 aliphatic carbocycles. The number of rotatable bonds is 2. The van der Waals surface area contributed by atoms with Gasteiger partial charge in [-0.2, -0.15) is 0 Å². The normalized spacial score (nSPS) is 9.69. The Morgan fingerprint density at radius 3 is 2.62 bits per heavy atom. The van der Waals surface area contributed by atoms with Crippen LogP contribution in [0, 0.1) is 0 Å². The third-order valence-corrected chi connectivity index (χ3v) is 1.49. The van der Waals surface area contributed by atoms with Crippen molar-refractivity contribution in [1.29, 1.82) is 0 Å². The molecule has 0 saturated heterocycles. The van der Waals surface area contributed by atoms with Gasteiger partial charge in [-0.25, -0.2) is 4.98 Å². The maximum absolute atomic E-state index is 11.4. The molecule has 0 aliphatic heterocycles. The highest BCUT2D eigenvalue weighted by Gasteiger charge is 2.18. The lowest BCUT2D eigenvalue weighted by Crippen LogP contribution is -2.25. The Morgan fingerprint density at radius 2 is 2.15 bits per heavy atom. The number of primary amides is 1. The summed E-state index contributed by atoms with van der Waals surface area (Å²) < 4.78 is 0. The molecule has 70 valence electrons. The van der Waals surface area contributed by atoms with E-state index in [9.17, 15) is 9.59 Å². The summed E-state index contributed by atoms with van der Waals surface area (Å²) in [7, 11) is 3.15. The van der Waals surface area contributed by atoms with E-state index in [-0.39, 0.29) is 17.3 Å². The van der Waals surface area contributed by atoms with E-state index in [4.69, 9.17) is 5.73 Å². The van der Waals surface area contributed by atoms with Gasteiger partial charge in [-0.05, 0) is 0 Å². The van der Waals surface area contributed by atoms with Crippen LogP contribution in [-0.2, 0) is 0 Å². The smallest absolute Gasteiger partial charge is 0.272 e. The van der Waals surface area contributed by atoms with Crippen molar-refractivity contribution in [3.8, 4) is 0 Å². The van der Waals surface area contributed by atoms with Crippen LogP contribution in [-0.4, -0.2) is 40.8 Å². The van der Waals surface area contributed by atoms with Crippen molar-refractivity contribution in [2.45, 2.75) is 0 Å². The number of H-pyrrole nitrogens is 1. The van der Waals surface area contributed by atoms with Crippen LogP contribution >= 0.6 is 0 Å². The molecule has 1 heterocycles. The number of carbonyl (C=O) groups excluding carboxylic acids is 2. The lowest BCUT2D eigenvalue weighted by atomic mass is 10.3. The molecule has 1 aromatic rings. The van der Waals surface area contributed by atoms with Gasteiger partial charge in [0.1, 0.15) is 5.69 Å². The maximum Gasteiger partial charge on any atom is 0.272 e. The predicted molar refractivity (Wildman–Crippen MR) is 45.1 cm³/mol. The van der Waals surface area contributed by atoms with Crippen LogP contribution < -0.4 is 5.73 Å². The highest BCUT2D eigenvalue weighted by molar-refractivity contribution is 6.03. The lowest BCUT2D eigenvalue weighted by molar-refractivity contribution is 0.0815. The fourth-order valence-corrected chi connectivity index (χ4v) is 0.868. The van der Waals surface area contributed by atoms with Gasteiger partial charge < -0.3 is 15.6 Å². The van der Waals surface area contributed by atoms with Crippen LogP contribution in [0.3, 0.4) is 0 Å². The van der Waals surface area contributed by atoms with Gasteiger partial charge in [0.15, 0.2) is 5.69 Å². The molecule has 13 heavy (non-hydrogen) atoms. The van der Waals surface area contributed by atoms with Crippen LogP contribution in [0.2, 0.25) is 0 Å². The molecule has 0 bridgehead atoms. The molecule has 0 radical (unpaired) electrons. The summed E-state index contributed by atoms with van der Waals surface area (Å²) in [6.45, 7) is 0. The Kier molecular flexibility index (Phi) is 2.32. The van der Waals surface area contributed by atoms with E-state index < -0.39 is 5.91 Å². The van der Waals surface area contributed by atoms with Crippen molar-refractivity contribution in [3.05, 3.63) is 17.7 Å². The molecule has 0 saturated carbocycles. The van der Waals surface area contributed by atoms with Gasteiger partial charge in [-0.15, -0.1) is 0 Å². The van der Waals surface area contributed by atoms with Crippen molar-refractivity contribution in [1.82, 2.24) is 14.9 Å². The van der Waals surface area contributed by atoms with Crippen molar-refractivity contribution in [3.63, 3.8) is 0 Å². The largest absolute Gasteiger partial charge is 0.364 e. The molecule has 0 spiro atoms. The number of aromatic amines is 1. The number of nitrogens with two attached hydrogens (primary N) is 1. The first kappa shape index (κ1) is 9.24. The van der Waals surface area contributed by atoms with Gasteiger partial charge in [0.25, 0.3) is 11.8 Å². The van der Waals surface area contributed by atoms with Crippen LogP contribution in [0.25, 0.3) is 0 Å². The van der Waals surface area contributed by atoms with Gasteiger partial charge in [0.2, 0.25) is 0 Å². The first-order chi connectivity index (χ1) is 6.04. The van der Waals surface area contributed by atoms with E-state index in [1.165, 1.54) is 11.2 Å². The summed E-state index contributed by atoms with van der Waals surface area (Å²) in [6.07, 6.45) is 1.26. The van der Waals surface area contributed by atoms with Crippen molar-refractivity contribution >= 4 is 11.8 Å². The molecule has 1 aromatic heterocycles. The number of carbonyl (C=O) groups is 2. The Balaban J connectivity index is 3.08. The lowest BCUT2D eigenvalue weighted by Gasteiger charge is -2.08. The highest BCUT2D eigenvalue weighted by atomic mass is 16.2. The number of amides is 2. The zero-order valence-electron chi connectivity index (χ0n) is 7.37. The fraction of sp³-hybridized carbons (Fsp3) is 0.286. The van der Waals surface area contributed by atoms with E-state index in [0.717, 1.165) is 0 Å². The average molecular weight is 182 g/mol. The second-order valence-electron chi connectivity index (χ2n) is 2.69. The minimum absolute atomic E-state index is 0.0290. The Bertz CT molecular complexity index is 342. The van der Waals surface area contributed by atoms with Crippen molar-refractivity contribution in [2.24, 2.45) is 5.73 Å². The molecular formula is C7H10N4O2. The number of nitrogens with zero attached hydrogens (tertiary/aromatic N) is 2. The molecule has 6 heteroatoms. The standard InChI is InChI=1S/C7H10N4O2/c1-11(2)7(13)5-4(6(8)12)9-3-10-5/h3H,1-2H3,(H2,8,12)(H,9,10). The molecule has 2 amide bonds. The number of nitrogens with one attached hydrogen (secondary N) is 1.